The van der Waals surface area contributed by atoms with Crippen molar-refractivity contribution >= 4 is 34.4 Å². The lowest BCUT2D eigenvalue weighted by molar-refractivity contribution is -0.149. The van der Waals surface area contributed by atoms with E-state index in [-0.39, 0.29) is 29.8 Å². The van der Waals surface area contributed by atoms with Gasteiger partial charge in [0.2, 0.25) is 11.8 Å². The van der Waals surface area contributed by atoms with Crippen molar-refractivity contribution < 1.29 is 18.2 Å². The van der Waals surface area contributed by atoms with Gasteiger partial charge < -0.3 is 10.6 Å². The van der Waals surface area contributed by atoms with Crippen LogP contribution < -0.4 is 5.73 Å². The van der Waals surface area contributed by atoms with E-state index in [0.29, 0.717) is 24.6 Å². The summed E-state index contributed by atoms with van der Waals surface area (Å²) < 4.78 is 24.6. The molecule has 0 spiro atoms. The first-order chi connectivity index (χ1) is 11.9. The maximum Gasteiger partial charge on any atom is 0.238 e. The summed E-state index contributed by atoms with van der Waals surface area (Å²) in [4.78, 5) is 27.7. The third kappa shape index (κ3) is 3.89. The molecule has 1 aromatic rings. The third-order valence-electron chi connectivity index (χ3n) is 4.94. The van der Waals surface area contributed by atoms with Crippen LogP contribution in [0.25, 0.3) is 0 Å². The number of thioether (sulfide) groups is 1. The number of hydrogen-bond acceptors (Lipinski definition) is 4. The quantitative estimate of drug-likeness (QED) is 0.799. The average Bonchev–Trinajstić information content (AvgIpc) is 3.05. The van der Waals surface area contributed by atoms with Crippen LogP contribution in [0.3, 0.4) is 0 Å². The second-order valence-corrected chi connectivity index (χ2v) is 9.60. The summed E-state index contributed by atoms with van der Waals surface area (Å²) in [6, 6.07) is 6.30. The molecule has 2 aliphatic heterocycles. The summed E-state index contributed by atoms with van der Waals surface area (Å²) in [6.07, 6.45) is 1.34. The van der Waals surface area contributed by atoms with Gasteiger partial charge in [-0.25, -0.2) is 4.39 Å². The highest BCUT2D eigenvalue weighted by molar-refractivity contribution is 8.00. The summed E-state index contributed by atoms with van der Waals surface area (Å²) in [5.41, 5.74) is 4.36. The standard InChI is InChI=1S/C17H21FN2O3S2/c18-12-1-3-13(4-2-12)24-14-5-8-20(11-14)16(22)17(15(19)21)6-9-25(23)10-7-17/h1-4,14H,5-11H2,(H2,19,21). The minimum absolute atomic E-state index is 0.206. The minimum atomic E-state index is -1.21. The Balaban J connectivity index is 1.65. The molecule has 1 atom stereocenters. The van der Waals surface area contributed by atoms with Crippen molar-refractivity contribution in [2.45, 2.75) is 29.4 Å². The molecule has 8 heteroatoms. The molecule has 136 valence electrons. The highest BCUT2D eigenvalue weighted by Gasteiger charge is 2.49. The van der Waals surface area contributed by atoms with Gasteiger partial charge in [-0.1, -0.05) is 0 Å². The maximum atomic E-state index is 13.0. The fraction of sp³-hybridized carbons (Fsp3) is 0.529. The Morgan fingerprint density at radius 3 is 2.48 bits per heavy atom. The molecular formula is C17H21FN2O3S2. The van der Waals surface area contributed by atoms with Gasteiger partial charge >= 0.3 is 0 Å². The smallest absolute Gasteiger partial charge is 0.238 e. The van der Waals surface area contributed by atoms with Gasteiger partial charge in [-0.05, 0) is 43.5 Å². The summed E-state index contributed by atoms with van der Waals surface area (Å²) in [6.45, 7) is 1.12. The zero-order chi connectivity index (χ0) is 18.0. The van der Waals surface area contributed by atoms with Crippen molar-refractivity contribution in [3.05, 3.63) is 30.1 Å². The number of primary amides is 1. The molecule has 3 rings (SSSR count). The van der Waals surface area contributed by atoms with E-state index in [1.165, 1.54) is 12.1 Å². The molecule has 5 nitrogen and oxygen atoms in total. The Kier molecular flexibility index (Phi) is 5.48. The van der Waals surface area contributed by atoms with Crippen molar-refractivity contribution in [3.8, 4) is 0 Å². The predicted octanol–water partition coefficient (Wildman–Crippen LogP) is 1.53. The number of rotatable bonds is 4. The van der Waals surface area contributed by atoms with E-state index in [2.05, 4.69) is 0 Å². The van der Waals surface area contributed by atoms with Gasteiger partial charge in [0.15, 0.2) is 0 Å². The Hall–Kier alpha value is -1.41. The Morgan fingerprint density at radius 2 is 1.88 bits per heavy atom. The van der Waals surface area contributed by atoms with Crippen LogP contribution in [-0.2, 0) is 20.4 Å². The lowest BCUT2D eigenvalue weighted by Gasteiger charge is -2.35. The normalized spacial score (nSPS) is 29.6. The van der Waals surface area contributed by atoms with Crippen LogP contribution in [0, 0.1) is 11.2 Å². The summed E-state index contributed by atoms with van der Waals surface area (Å²) in [7, 11) is -0.970. The Bertz CT molecular complexity index is 686. The largest absolute Gasteiger partial charge is 0.369 e. The van der Waals surface area contributed by atoms with E-state index < -0.39 is 22.1 Å². The number of carbonyl (C=O) groups is 2. The number of halogens is 1. The van der Waals surface area contributed by atoms with Crippen molar-refractivity contribution in [1.29, 1.82) is 0 Å². The number of benzene rings is 1. The van der Waals surface area contributed by atoms with Crippen LogP contribution in [0.2, 0.25) is 0 Å². The van der Waals surface area contributed by atoms with Crippen molar-refractivity contribution in [1.82, 2.24) is 4.90 Å². The number of hydrogen-bond donors (Lipinski definition) is 1. The van der Waals surface area contributed by atoms with Crippen molar-refractivity contribution in [3.63, 3.8) is 0 Å². The molecule has 2 aliphatic rings. The average molecular weight is 384 g/mol. The number of nitrogens with two attached hydrogens (primary N) is 1. The first kappa shape index (κ1) is 18.4. The lowest BCUT2D eigenvalue weighted by Crippen LogP contribution is -2.53. The molecule has 0 bridgehead atoms. The molecule has 0 aromatic heterocycles. The first-order valence-electron chi connectivity index (χ1n) is 8.27. The van der Waals surface area contributed by atoms with Crippen molar-refractivity contribution in [2.75, 3.05) is 24.6 Å². The van der Waals surface area contributed by atoms with Gasteiger partial charge in [0.25, 0.3) is 0 Å². The third-order valence-corrected chi connectivity index (χ3v) is 7.52. The minimum Gasteiger partial charge on any atom is -0.369 e. The van der Waals surface area contributed by atoms with Gasteiger partial charge in [-0.2, -0.15) is 0 Å². The van der Waals surface area contributed by atoms with Gasteiger partial charge in [-0.3, -0.25) is 13.8 Å². The van der Waals surface area contributed by atoms with E-state index in [0.717, 1.165) is 11.3 Å². The number of amides is 2. The fourth-order valence-corrected chi connectivity index (χ4v) is 5.90. The molecule has 2 N–H and O–H groups in total. The van der Waals surface area contributed by atoms with Crippen LogP contribution in [0.4, 0.5) is 4.39 Å². The topological polar surface area (TPSA) is 80.5 Å². The number of carbonyl (C=O) groups excluding carboxylic acids is 2. The fourth-order valence-electron chi connectivity index (χ4n) is 3.39. The second-order valence-electron chi connectivity index (χ2n) is 6.53. The molecule has 1 aromatic carbocycles. The summed E-state index contributed by atoms with van der Waals surface area (Å²) in [5, 5.41) is 0.206. The molecule has 0 aliphatic carbocycles. The van der Waals surface area contributed by atoms with Gasteiger partial charge in [-0.15, -0.1) is 11.8 Å². The number of likely N-dealkylation sites (tertiary alicyclic amines) is 1. The van der Waals surface area contributed by atoms with Crippen LogP contribution >= 0.6 is 11.8 Å². The summed E-state index contributed by atoms with van der Waals surface area (Å²) >= 11 is 1.61. The maximum absolute atomic E-state index is 13.0. The first-order valence-corrected chi connectivity index (χ1v) is 10.6. The highest BCUT2D eigenvalue weighted by Crippen LogP contribution is 2.37. The van der Waals surface area contributed by atoms with E-state index in [4.69, 9.17) is 5.73 Å². The molecule has 2 saturated heterocycles. The predicted molar refractivity (Wildman–Crippen MR) is 96.0 cm³/mol. The van der Waals surface area contributed by atoms with Crippen LogP contribution in [0.1, 0.15) is 19.3 Å². The molecule has 0 radical (unpaired) electrons. The SMILES string of the molecule is NC(=O)C1(C(=O)N2CCC(Sc3ccc(F)cc3)C2)CCS(=O)CC1. The molecular weight excluding hydrogens is 363 g/mol. The zero-order valence-electron chi connectivity index (χ0n) is 13.8. The molecule has 2 heterocycles. The highest BCUT2D eigenvalue weighted by atomic mass is 32.2. The Labute approximate surface area is 153 Å². The molecule has 25 heavy (non-hydrogen) atoms. The van der Waals surface area contributed by atoms with Gasteiger partial charge in [0.05, 0.1) is 0 Å². The Morgan fingerprint density at radius 1 is 1.24 bits per heavy atom. The van der Waals surface area contributed by atoms with Gasteiger partial charge in [0.1, 0.15) is 11.2 Å². The van der Waals surface area contributed by atoms with Crippen molar-refractivity contribution in [2.24, 2.45) is 11.1 Å². The monoisotopic (exact) mass is 384 g/mol. The van der Waals surface area contributed by atoms with Gasteiger partial charge in [0, 0.05) is 45.5 Å². The van der Waals surface area contributed by atoms with E-state index >= 15 is 0 Å². The number of nitrogens with zero attached hydrogens (tertiary/aromatic N) is 1. The molecule has 2 fully saturated rings. The van der Waals surface area contributed by atoms with Crippen LogP contribution in [-0.4, -0.2) is 50.8 Å². The van der Waals surface area contributed by atoms with E-state index in [1.807, 2.05) is 0 Å². The molecule has 2 amide bonds. The zero-order valence-corrected chi connectivity index (χ0v) is 15.4. The van der Waals surface area contributed by atoms with Crippen LogP contribution in [0.15, 0.2) is 29.2 Å². The summed E-state index contributed by atoms with van der Waals surface area (Å²) in [5.74, 6) is -0.416. The van der Waals surface area contributed by atoms with E-state index in [9.17, 15) is 18.2 Å². The lowest BCUT2D eigenvalue weighted by atomic mass is 9.79. The molecule has 1 unspecified atom stereocenters. The van der Waals surface area contributed by atoms with E-state index in [1.54, 1.807) is 28.8 Å². The molecule has 0 saturated carbocycles. The van der Waals surface area contributed by atoms with Crippen LogP contribution in [0.5, 0.6) is 0 Å². The second kappa shape index (κ2) is 7.45.